The van der Waals surface area contributed by atoms with Crippen LogP contribution in [0.1, 0.15) is 38.7 Å². The van der Waals surface area contributed by atoms with Gasteiger partial charge in [0.2, 0.25) is 0 Å². The summed E-state index contributed by atoms with van der Waals surface area (Å²) in [6.45, 7) is 4.56. The maximum Gasteiger partial charge on any atom is 0.101 e. The molecule has 1 saturated carbocycles. The first-order chi connectivity index (χ1) is 8.61. The van der Waals surface area contributed by atoms with Crippen molar-refractivity contribution < 1.29 is 0 Å². The Morgan fingerprint density at radius 1 is 1.28 bits per heavy atom. The number of benzene rings is 1. The van der Waals surface area contributed by atoms with Crippen molar-refractivity contribution in [1.82, 2.24) is 0 Å². The van der Waals surface area contributed by atoms with Crippen molar-refractivity contribution in [2.45, 2.75) is 39.2 Å². The summed E-state index contributed by atoms with van der Waals surface area (Å²) in [5, 5.41) is 13.3. The fraction of sp³-hybridized carbons (Fsp3) is 0.533. The Morgan fingerprint density at radius 2 is 1.94 bits per heavy atom. The van der Waals surface area contributed by atoms with Crippen LogP contribution < -0.4 is 5.32 Å². The molecule has 2 unspecified atom stereocenters. The maximum atomic E-state index is 9.14. The van der Waals surface area contributed by atoms with Crippen LogP contribution in [-0.2, 0) is 0 Å². The van der Waals surface area contributed by atoms with Crippen molar-refractivity contribution in [1.29, 1.82) is 5.26 Å². The van der Waals surface area contributed by atoms with E-state index in [-0.39, 0.29) is 0 Å². The molecule has 2 nitrogen and oxygen atoms in total. The third kappa shape index (κ3) is 2.79. The van der Waals surface area contributed by atoms with E-state index in [2.05, 4.69) is 25.2 Å². The monoisotopic (exact) mass is 262 g/mol. The second-order valence-electron chi connectivity index (χ2n) is 5.36. The van der Waals surface area contributed by atoms with E-state index < -0.39 is 0 Å². The zero-order valence-corrected chi connectivity index (χ0v) is 11.7. The normalized spacial score (nSPS) is 27.6. The summed E-state index contributed by atoms with van der Waals surface area (Å²) in [5.41, 5.74) is 1.54. The lowest BCUT2D eigenvalue weighted by Gasteiger charge is -2.36. The van der Waals surface area contributed by atoms with E-state index in [0.717, 1.165) is 5.69 Å². The number of rotatable bonds is 2. The zero-order chi connectivity index (χ0) is 13.1. The molecule has 1 fully saturated rings. The molecule has 3 heteroatoms. The van der Waals surface area contributed by atoms with Gasteiger partial charge in [-0.2, -0.15) is 5.26 Å². The summed E-state index contributed by atoms with van der Waals surface area (Å²) >= 11 is 6.01. The molecule has 0 heterocycles. The van der Waals surface area contributed by atoms with Gasteiger partial charge in [-0.1, -0.05) is 31.9 Å². The number of nitrogens with zero attached hydrogens (tertiary/aromatic N) is 1. The first kappa shape index (κ1) is 13.2. The molecule has 96 valence electrons. The summed E-state index contributed by atoms with van der Waals surface area (Å²) in [6.07, 6.45) is 3.82. The molecule has 2 atom stereocenters. The van der Waals surface area contributed by atoms with Gasteiger partial charge in [-0.3, -0.25) is 0 Å². The SMILES string of the molecule is CC1CCCC(C)C1Nc1cc(Cl)ccc1C#N. The molecule has 0 amide bonds. The van der Waals surface area contributed by atoms with Crippen LogP contribution in [-0.4, -0.2) is 6.04 Å². The third-order valence-electron chi connectivity index (χ3n) is 3.97. The molecule has 1 aliphatic carbocycles. The van der Waals surface area contributed by atoms with Gasteiger partial charge >= 0.3 is 0 Å². The van der Waals surface area contributed by atoms with Crippen molar-refractivity contribution in [3.63, 3.8) is 0 Å². The van der Waals surface area contributed by atoms with Gasteiger partial charge < -0.3 is 5.32 Å². The fourth-order valence-electron chi connectivity index (χ4n) is 2.88. The van der Waals surface area contributed by atoms with Crippen LogP contribution in [0.25, 0.3) is 0 Å². The van der Waals surface area contributed by atoms with E-state index in [4.69, 9.17) is 16.9 Å². The number of halogens is 1. The molecular weight excluding hydrogens is 244 g/mol. The van der Waals surface area contributed by atoms with Gasteiger partial charge in [0.15, 0.2) is 0 Å². The van der Waals surface area contributed by atoms with Crippen LogP contribution in [0.4, 0.5) is 5.69 Å². The zero-order valence-electron chi connectivity index (χ0n) is 10.9. The highest BCUT2D eigenvalue weighted by Crippen LogP contribution is 2.32. The molecule has 0 spiro atoms. The Morgan fingerprint density at radius 3 is 2.56 bits per heavy atom. The predicted octanol–water partition coefficient (Wildman–Crippen LogP) is 4.45. The molecule has 0 saturated heterocycles. The van der Waals surface area contributed by atoms with Crippen LogP contribution in [0.2, 0.25) is 5.02 Å². The average molecular weight is 263 g/mol. The van der Waals surface area contributed by atoms with Crippen molar-refractivity contribution in [2.75, 3.05) is 5.32 Å². The van der Waals surface area contributed by atoms with Crippen molar-refractivity contribution in [3.8, 4) is 6.07 Å². The van der Waals surface area contributed by atoms with E-state index in [9.17, 15) is 0 Å². The van der Waals surface area contributed by atoms with Gasteiger partial charge in [-0.15, -0.1) is 0 Å². The number of nitrogens with one attached hydrogen (secondary N) is 1. The maximum absolute atomic E-state index is 9.14. The van der Waals surface area contributed by atoms with Gasteiger partial charge in [-0.05, 0) is 42.9 Å². The third-order valence-corrected chi connectivity index (χ3v) is 4.20. The first-order valence-corrected chi connectivity index (χ1v) is 6.96. The largest absolute Gasteiger partial charge is 0.381 e. The summed E-state index contributed by atoms with van der Waals surface area (Å²) in [6, 6.07) is 8.05. The minimum atomic E-state index is 0.435. The summed E-state index contributed by atoms with van der Waals surface area (Å²) in [7, 11) is 0. The molecular formula is C15H19ClN2. The Hall–Kier alpha value is -1.20. The lowest BCUT2D eigenvalue weighted by Crippen LogP contribution is -2.37. The highest BCUT2D eigenvalue weighted by molar-refractivity contribution is 6.30. The number of nitriles is 1. The molecule has 1 aromatic rings. The van der Waals surface area contributed by atoms with Crippen LogP contribution in [0, 0.1) is 23.2 Å². The standard InChI is InChI=1S/C15H19ClN2/c1-10-4-3-5-11(2)15(10)18-14-8-13(16)7-6-12(14)9-17/h6-8,10-11,15,18H,3-5H2,1-2H3. The highest BCUT2D eigenvalue weighted by atomic mass is 35.5. The van der Waals surface area contributed by atoms with Gasteiger partial charge in [-0.25, -0.2) is 0 Å². The van der Waals surface area contributed by atoms with E-state index in [1.54, 1.807) is 12.1 Å². The van der Waals surface area contributed by atoms with Gasteiger partial charge in [0, 0.05) is 11.1 Å². The summed E-state index contributed by atoms with van der Waals surface area (Å²) in [4.78, 5) is 0. The smallest absolute Gasteiger partial charge is 0.101 e. The molecule has 1 aliphatic rings. The Labute approximate surface area is 114 Å². The molecule has 0 aliphatic heterocycles. The highest BCUT2D eigenvalue weighted by Gasteiger charge is 2.27. The van der Waals surface area contributed by atoms with Gasteiger partial charge in [0.1, 0.15) is 6.07 Å². The van der Waals surface area contributed by atoms with Crippen molar-refractivity contribution in [3.05, 3.63) is 28.8 Å². The minimum Gasteiger partial charge on any atom is -0.381 e. The van der Waals surface area contributed by atoms with Crippen LogP contribution in [0.15, 0.2) is 18.2 Å². The second kappa shape index (κ2) is 5.63. The molecule has 0 bridgehead atoms. The molecule has 0 aromatic heterocycles. The van der Waals surface area contributed by atoms with Crippen LogP contribution >= 0.6 is 11.6 Å². The van der Waals surface area contributed by atoms with E-state index in [0.29, 0.717) is 28.5 Å². The quantitative estimate of drug-likeness (QED) is 0.855. The topological polar surface area (TPSA) is 35.8 Å². The molecule has 0 radical (unpaired) electrons. The minimum absolute atomic E-state index is 0.435. The number of hydrogen-bond acceptors (Lipinski definition) is 2. The summed E-state index contributed by atoms with van der Waals surface area (Å²) < 4.78 is 0. The van der Waals surface area contributed by atoms with Gasteiger partial charge in [0.25, 0.3) is 0 Å². The average Bonchev–Trinajstić information content (AvgIpc) is 2.34. The number of hydrogen-bond donors (Lipinski definition) is 1. The fourth-order valence-corrected chi connectivity index (χ4v) is 3.05. The van der Waals surface area contributed by atoms with Crippen molar-refractivity contribution in [2.24, 2.45) is 11.8 Å². The van der Waals surface area contributed by atoms with E-state index in [1.807, 2.05) is 6.07 Å². The summed E-state index contributed by atoms with van der Waals surface area (Å²) in [5.74, 6) is 1.28. The second-order valence-corrected chi connectivity index (χ2v) is 5.79. The molecule has 18 heavy (non-hydrogen) atoms. The first-order valence-electron chi connectivity index (χ1n) is 6.58. The van der Waals surface area contributed by atoms with Crippen LogP contribution in [0.3, 0.4) is 0 Å². The van der Waals surface area contributed by atoms with Crippen molar-refractivity contribution >= 4 is 17.3 Å². The Kier molecular flexibility index (Phi) is 4.14. The Bertz CT molecular complexity index is 454. The predicted molar refractivity (Wildman–Crippen MR) is 75.8 cm³/mol. The molecule has 2 rings (SSSR count). The van der Waals surface area contributed by atoms with E-state index >= 15 is 0 Å². The lowest BCUT2D eigenvalue weighted by atomic mass is 9.78. The van der Waals surface area contributed by atoms with Gasteiger partial charge in [0.05, 0.1) is 11.3 Å². The van der Waals surface area contributed by atoms with E-state index in [1.165, 1.54) is 19.3 Å². The Balaban J connectivity index is 2.22. The lowest BCUT2D eigenvalue weighted by molar-refractivity contribution is 0.268. The molecule has 1 aromatic carbocycles. The number of anilines is 1. The van der Waals surface area contributed by atoms with Crippen LogP contribution in [0.5, 0.6) is 0 Å². The molecule has 1 N–H and O–H groups in total.